The molecule has 1 amide bonds. The number of amides is 1. The largest absolute Gasteiger partial charge is 0.450 e. The number of ether oxygens (including phenoxy) is 1. The van der Waals surface area contributed by atoms with Gasteiger partial charge in [0.2, 0.25) is 0 Å². The molecule has 0 aliphatic carbocycles. The molecule has 0 aliphatic rings. The fourth-order valence-corrected chi connectivity index (χ4v) is 1.02. The third-order valence-corrected chi connectivity index (χ3v) is 1.75. The van der Waals surface area contributed by atoms with Gasteiger partial charge in [-0.3, -0.25) is 0 Å². The zero-order chi connectivity index (χ0) is 9.94. The van der Waals surface area contributed by atoms with Gasteiger partial charge in [-0.2, -0.15) is 0 Å². The van der Waals surface area contributed by atoms with E-state index in [1.807, 2.05) is 0 Å². The number of nitrogens with one attached hydrogen (secondary N) is 1. The second-order valence-corrected chi connectivity index (χ2v) is 2.98. The van der Waals surface area contributed by atoms with Crippen molar-refractivity contribution in [3.8, 4) is 0 Å². The summed E-state index contributed by atoms with van der Waals surface area (Å²) in [4.78, 5) is 10.8. The molecule has 0 heterocycles. The zero-order valence-corrected chi connectivity index (χ0v) is 8.47. The molecule has 3 nitrogen and oxygen atoms in total. The summed E-state index contributed by atoms with van der Waals surface area (Å²) in [6.45, 7) is 6.57. The average Bonchev–Trinajstić information content (AvgIpc) is 2.11. The van der Waals surface area contributed by atoms with E-state index in [2.05, 4.69) is 19.2 Å². The molecule has 77 valence electrons. The summed E-state index contributed by atoms with van der Waals surface area (Å²) in [6, 6.07) is 0. The van der Waals surface area contributed by atoms with Gasteiger partial charge in [-0.15, -0.1) is 0 Å². The van der Waals surface area contributed by atoms with Crippen molar-refractivity contribution in [2.45, 2.75) is 39.0 Å². The third-order valence-electron chi connectivity index (χ3n) is 1.75. The number of unbranched alkanes of at least 4 members (excludes halogenated alkanes) is 4. The molecule has 0 atom stereocenters. The maximum Gasteiger partial charge on any atom is 0.407 e. The molecule has 0 saturated heterocycles. The van der Waals surface area contributed by atoms with E-state index < -0.39 is 0 Å². The first-order valence-electron chi connectivity index (χ1n) is 5.01. The highest BCUT2D eigenvalue weighted by atomic mass is 16.5. The van der Waals surface area contributed by atoms with Crippen molar-refractivity contribution in [1.29, 1.82) is 0 Å². The Morgan fingerprint density at radius 3 is 2.62 bits per heavy atom. The predicted octanol–water partition coefficient (Wildman–Crippen LogP) is 2.52. The molecule has 0 bridgehead atoms. The highest BCUT2D eigenvalue weighted by Gasteiger charge is 1.97. The molecule has 13 heavy (non-hydrogen) atoms. The smallest absolute Gasteiger partial charge is 0.407 e. The minimum absolute atomic E-state index is 0.356. The van der Waals surface area contributed by atoms with Crippen LogP contribution in [0.4, 0.5) is 4.79 Å². The van der Waals surface area contributed by atoms with Crippen LogP contribution in [0.5, 0.6) is 0 Å². The van der Waals surface area contributed by atoms with Gasteiger partial charge in [-0.1, -0.05) is 32.6 Å². The average molecular weight is 186 g/mol. The molecule has 3 heteroatoms. The Morgan fingerprint density at radius 2 is 2.00 bits per heavy atom. The quantitative estimate of drug-likeness (QED) is 0.620. The van der Waals surface area contributed by atoms with Crippen molar-refractivity contribution in [2.24, 2.45) is 0 Å². The predicted molar refractivity (Wildman–Crippen MR) is 53.5 cm³/mol. The Bertz CT molecular complexity index is 126. The molecule has 0 unspecified atom stereocenters. The van der Waals surface area contributed by atoms with Crippen LogP contribution in [0, 0.1) is 6.92 Å². The van der Waals surface area contributed by atoms with Gasteiger partial charge in [-0.25, -0.2) is 4.79 Å². The van der Waals surface area contributed by atoms with E-state index in [-0.39, 0.29) is 6.09 Å². The molecule has 1 radical (unpaired) electrons. The van der Waals surface area contributed by atoms with E-state index in [9.17, 15) is 4.79 Å². The molecule has 0 spiro atoms. The molecular formula is C10H20NO2. The number of hydrogen-bond donors (Lipinski definition) is 1. The van der Waals surface area contributed by atoms with Crippen LogP contribution in [0.1, 0.15) is 39.0 Å². The molecule has 0 aromatic heterocycles. The summed E-state index contributed by atoms with van der Waals surface area (Å²) < 4.78 is 4.87. The molecule has 0 aromatic rings. The normalized spacial score (nSPS) is 9.69. The van der Waals surface area contributed by atoms with E-state index in [1.54, 1.807) is 0 Å². The summed E-state index contributed by atoms with van der Waals surface area (Å²) in [5.41, 5.74) is 0. The first-order chi connectivity index (χ1) is 6.31. The van der Waals surface area contributed by atoms with Crippen molar-refractivity contribution >= 4 is 6.09 Å². The van der Waals surface area contributed by atoms with E-state index in [0.717, 1.165) is 12.8 Å². The van der Waals surface area contributed by atoms with Crippen LogP contribution >= 0.6 is 0 Å². The number of carbonyl (C=O) groups is 1. The zero-order valence-electron chi connectivity index (χ0n) is 8.47. The van der Waals surface area contributed by atoms with Crippen LogP contribution in [0.2, 0.25) is 0 Å². The van der Waals surface area contributed by atoms with E-state index in [0.29, 0.717) is 13.2 Å². The van der Waals surface area contributed by atoms with Gasteiger partial charge in [0.1, 0.15) is 0 Å². The number of carbonyl (C=O) groups excluding carboxylic acids is 1. The molecular weight excluding hydrogens is 166 g/mol. The van der Waals surface area contributed by atoms with Gasteiger partial charge >= 0.3 is 6.09 Å². The summed E-state index contributed by atoms with van der Waals surface area (Å²) in [5, 5.41) is 2.48. The lowest BCUT2D eigenvalue weighted by atomic mass is 10.2. The minimum Gasteiger partial charge on any atom is -0.450 e. The van der Waals surface area contributed by atoms with E-state index >= 15 is 0 Å². The topological polar surface area (TPSA) is 38.3 Å². The van der Waals surface area contributed by atoms with Gasteiger partial charge in [0, 0.05) is 6.54 Å². The summed E-state index contributed by atoms with van der Waals surface area (Å²) >= 11 is 0. The van der Waals surface area contributed by atoms with Crippen molar-refractivity contribution in [1.82, 2.24) is 5.32 Å². The van der Waals surface area contributed by atoms with Gasteiger partial charge in [0.25, 0.3) is 0 Å². The fourth-order valence-electron chi connectivity index (χ4n) is 1.02. The Kier molecular flexibility index (Phi) is 8.83. The highest BCUT2D eigenvalue weighted by Crippen LogP contribution is 2.02. The molecule has 0 fully saturated rings. The standard InChI is InChI=1S/C10H20NO2/c1-3-5-6-7-8-9-13-10(12)11-4-2/h2-9H2,1H3,(H,11,12). The second kappa shape index (κ2) is 9.36. The van der Waals surface area contributed by atoms with Crippen molar-refractivity contribution in [3.63, 3.8) is 0 Å². The first-order valence-corrected chi connectivity index (χ1v) is 5.01. The lowest BCUT2D eigenvalue weighted by molar-refractivity contribution is 0.145. The minimum atomic E-state index is -0.356. The van der Waals surface area contributed by atoms with E-state index in [4.69, 9.17) is 4.74 Å². The summed E-state index contributed by atoms with van der Waals surface area (Å²) in [5.74, 6) is 0. The maximum absolute atomic E-state index is 10.8. The Morgan fingerprint density at radius 1 is 1.31 bits per heavy atom. The Balaban J connectivity index is 3.02. The summed E-state index contributed by atoms with van der Waals surface area (Å²) in [7, 11) is 0. The van der Waals surface area contributed by atoms with Crippen LogP contribution in [-0.4, -0.2) is 19.2 Å². The van der Waals surface area contributed by atoms with Crippen molar-refractivity contribution in [2.75, 3.05) is 13.2 Å². The lowest BCUT2D eigenvalue weighted by Gasteiger charge is -2.04. The SMILES string of the molecule is [CH2]CNC(=O)OCCCCCCC. The van der Waals surface area contributed by atoms with Crippen LogP contribution in [0.15, 0.2) is 0 Å². The molecule has 0 aromatic carbocycles. The van der Waals surface area contributed by atoms with Gasteiger partial charge in [0.15, 0.2) is 0 Å². The third kappa shape index (κ3) is 9.18. The molecule has 0 saturated carbocycles. The van der Waals surface area contributed by atoms with E-state index in [1.165, 1.54) is 19.3 Å². The molecule has 0 rings (SSSR count). The van der Waals surface area contributed by atoms with Crippen LogP contribution < -0.4 is 5.32 Å². The van der Waals surface area contributed by atoms with Gasteiger partial charge in [-0.05, 0) is 13.3 Å². The van der Waals surface area contributed by atoms with Gasteiger partial charge < -0.3 is 10.1 Å². The van der Waals surface area contributed by atoms with Gasteiger partial charge in [0.05, 0.1) is 6.61 Å². The highest BCUT2D eigenvalue weighted by molar-refractivity contribution is 5.67. The van der Waals surface area contributed by atoms with Crippen molar-refractivity contribution < 1.29 is 9.53 Å². The summed E-state index contributed by atoms with van der Waals surface area (Å²) in [6.07, 6.45) is 5.49. The Hall–Kier alpha value is -0.730. The number of alkyl carbamates (subject to hydrolysis) is 1. The Labute approximate surface area is 80.8 Å². The maximum atomic E-state index is 10.8. The number of hydrogen-bond acceptors (Lipinski definition) is 2. The van der Waals surface area contributed by atoms with Crippen LogP contribution in [-0.2, 0) is 4.74 Å². The fraction of sp³-hybridized carbons (Fsp3) is 0.800. The van der Waals surface area contributed by atoms with Crippen molar-refractivity contribution in [3.05, 3.63) is 6.92 Å². The lowest BCUT2D eigenvalue weighted by Crippen LogP contribution is -2.24. The molecule has 0 aliphatic heterocycles. The second-order valence-electron chi connectivity index (χ2n) is 2.98. The monoisotopic (exact) mass is 186 g/mol. The molecule has 1 N–H and O–H groups in total. The number of rotatable bonds is 7. The first kappa shape index (κ1) is 12.3. The van der Waals surface area contributed by atoms with Crippen LogP contribution in [0.25, 0.3) is 0 Å². The van der Waals surface area contributed by atoms with Crippen LogP contribution in [0.3, 0.4) is 0 Å².